The summed E-state index contributed by atoms with van der Waals surface area (Å²) in [6, 6.07) is 13.6. The Bertz CT molecular complexity index is 978. The molecule has 0 atom stereocenters. The number of anilines is 1. The van der Waals surface area contributed by atoms with Gasteiger partial charge in [0.05, 0.1) is 11.1 Å². The highest BCUT2D eigenvalue weighted by atomic mass is 35.5. The van der Waals surface area contributed by atoms with E-state index in [1.54, 1.807) is 37.3 Å². The van der Waals surface area contributed by atoms with Crippen LogP contribution in [0.4, 0.5) is 10.1 Å². The van der Waals surface area contributed by atoms with E-state index in [-0.39, 0.29) is 11.7 Å². The molecule has 1 amide bonds. The molecule has 1 aromatic heterocycles. The predicted molar refractivity (Wildman–Crippen MR) is 97.6 cm³/mol. The van der Waals surface area contributed by atoms with Gasteiger partial charge in [-0.25, -0.2) is 4.39 Å². The molecule has 0 aliphatic heterocycles. The molecule has 26 heavy (non-hydrogen) atoms. The molecule has 0 spiro atoms. The van der Waals surface area contributed by atoms with Gasteiger partial charge in [0.1, 0.15) is 5.82 Å². The zero-order valence-electron chi connectivity index (χ0n) is 14.1. The Morgan fingerprint density at radius 3 is 2.58 bits per heavy atom. The number of nitrogens with zero attached hydrogens (tertiary/aromatic N) is 1. The Labute approximate surface area is 155 Å². The van der Waals surface area contributed by atoms with Crippen molar-refractivity contribution >= 4 is 23.2 Å². The fraction of sp³-hybridized carbons (Fsp3) is 0.200. The molecule has 0 unspecified atom stereocenters. The second-order valence-electron chi connectivity index (χ2n) is 6.58. The van der Waals surface area contributed by atoms with Crippen molar-refractivity contribution in [3.05, 3.63) is 70.6 Å². The third kappa shape index (κ3) is 2.99. The number of amides is 1. The van der Waals surface area contributed by atoms with Crippen molar-refractivity contribution in [2.75, 3.05) is 5.32 Å². The van der Waals surface area contributed by atoms with Gasteiger partial charge in [-0.3, -0.25) is 4.79 Å². The number of rotatable bonds is 4. The van der Waals surface area contributed by atoms with Crippen LogP contribution in [0.25, 0.3) is 11.3 Å². The highest BCUT2D eigenvalue weighted by molar-refractivity contribution is 6.30. The molecule has 1 aliphatic rings. The van der Waals surface area contributed by atoms with Crippen LogP contribution in [0.3, 0.4) is 0 Å². The summed E-state index contributed by atoms with van der Waals surface area (Å²) in [7, 11) is 0. The van der Waals surface area contributed by atoms with E-state index in [0.29, 0.717) is 40.6 Å². The summed E-state index contributed by atoms with van der Waals surface area (Å²) in [5.41, 5.74) is 1.69. The summed E-state index contributed by atoms with van der Waals surface area (Å²) >= 11 is 5.90. The molecule has 4 nitrogen and oxygen atoms in total. The molecule has 0 saturated heterocycles. The number of carbonyl (C=O) groups excluding carboxylic acids is 1. The van der Waals surface area contributed by atoms with Crippen LogP contribution >= 0.6 is 11.6 Å². The van der Waals surface area contributed by atoms with E-state index in [1.165, 1.54) is 6.07 Å². The van der Waals surface area contributed by atoms with Gasteiger partial charge < -0.3 is 9.84 Å². The minimum Gasteiger partial charge on any atom is -0.356 e. The lowest BCUT2D eigenvalue weighted by Crippen LogP contribution is -2.28. The highest BCUT2D eigenvalue weighted by Crippen LogP contribution is 2.49. The topological polar surface area (TPSA) is 55.1 Å². The lowest BCUT2D eigenvalue weighted by Gasteiger charge is -2.12. The van der Waals surface area contributed by atoms with E-state index >= 15 is 0 Å². The molecule has 4 rings (SSSR count). The molecule has 2 aromatic carbocycles. The summed E-state index contributed by atoms with van der Waals surface area (Å²) in [5, 5.41) is 7.53. The smallest absolute Gasteiger partial charge is 0.236 e. The van der Waals surface area contributed by atoms with E-state index in [1.807, 2.05) is 12.1 Å². The van der Waals surface area contributed by atoms with E-state index in [0.717, 1.165) is 5.56 Å². The van der Waals surface area contributed by atoms with Crippen molar-refractivity contribution in [1.82, 2.24) is 5.16 Å². The number of nitrogens with one attached hydrogen (secondary N) is 1. The van der Waals surface area contributed by atoms with Gasteiger partial charge in [0.2, 0.25) is 5.91 Å². The van der Waals surface area contributed by atoms with Crippen molar-refractivity contribution in [3.8, 4) is 11.3 Å². The zero-order chi connectivity index (χ0) is 18.3. The molecule has 1 fully saturated rings. The largest absolute Gasteiger partial charge is 0.356 e. The Kier molecular flexibility index (Phi) is 4.04. The molecule has 1 heterocycles. The summed E-state index contributed by atoms with van der Waals surface area (Å²) in [5.74, 6) is 0.0351. The van der Waals surface area contributed by atoms with Crippen LogP contribution < -0.4 is 5.32 Å². The summed E-state index contributed by atoms with van der Waals surface area (Å²) in [6.07, 6.45) is 1.36. The summed E-state index contributed by atoms with van der Waals surface area (Å²) in [6.45, 7) is 1.68. The number of aromatic nitrogens is 1. The van der Waals surface area contributed by atoms with Gasteiger partial charge in [0.15, 0.2) is 5.76 Å². The minimum absolute atomic E-state index is 0.197. The normalized spacial score (nSPS) is 14.9. The Morgan fingerprint density at radius 2 is 1.92 bits per heavy atom. The Morgan fingerprint density at radius 1 is 1.19 bits per heavy atom. The van der Waals surface area contributed by atoms with Crippen LogP contribution in [0.2, 0.25) is 5.02 Å². The molecular formula is C20H16ClFN2O2. The molecule has 132 valence electrons. The van der Waals surface area contributed by atoms with Crippen LogP contribution in [0.5, 0.6) is 0 Å². The first-order valence-electron chi connectivity index (χ1n) is 8.29. The van der Waals surface area contributed by atoms with Crippen molar-refractivity contribution in [2.24, 2.45) is 0 Å². The van der Waals surface area contributed by atoms with E-state index < -0.39 is 5.41 Å². The van der Waals surface area contributed by atoms with Gasteiger partial charge in [0, 0.05) is 22.3 Å². The van der Waals surface area contributed by atoms with Crippen LogP contribution in [0.1, 0.15) is 24.1 Å². The van der Waals surface area contributed by atoms with Gasteiger partial charge in [-0.2, -0.15) is 0 Å². The molecule has 3 aromatic rings. The fourth-order valence-electron chi connectivity index (χ4n) is 2.90. The lowest BCUT2D eigenvalue weighted by atomic mass is 10.00. The number of aryl methyl sites for hydroxylation is 1. The zero-order valence-corrected chi connectivity index (χ0v) is 14.8. The van der Waals surface area contributed by atoms with Crippen molar-refractivity contribution in [1.29, 1.82) is 0 Å². The van der Waals surface area contributed by atoms with Gasteiger partial charge in [0.25, 0.3) is 0 Å². The highest BCUT2D eigenvalue weighted by Gasteiger charge is 2.53. The fourth-order valence-corrected chi connectivity index (χ4v) is 3.02. The number of halogens is 2. The molecule has 6 heteroatoms. The first-order valence-corrected chi connectivity index (χ1v) is 8.66. The quantitative estimate of drug-likeness (QED) is 0.694. The average Bonchev–Trinajstić information content (AvgIpc) is 3.29. The summed E-state index contributed by atoms with van der Waals surface area (Å²) < 4.78 is 19.1. The maximum absolute atomic E-state index is 13.7. The van der Waals surface area contributed by atoms with E-state index in [2.05, 4.69) is 10.5 Å². The van der Waals surface area contributed by atoms with E-state index in [4.69, 9.17) is 16.1 Å². The van der Waals surface area contributed by atoms with Crippen LogP contribution in [-0.2, 0) is 10.2 Å². The molecule has 1 aliphatic carbocycles. The molecular weight excluding hydrogens is 355 g/mol. The first-order chi connectivity index (χ1) is 12.5. The third-order valence-electron chi connectivity index (χ3n) is 4.74. The Balaban J connectivity index is 1.56. The van der Waals surface area contributed by atoms with Gasteiger partial charge in [-0.1, -0.05) is 22.8 Å². The number of benzene rings is 2. The van der Waals surface area contributed by atoms with E-state index in [9.17, 15) is 9.18 Å². The summed E-state index contributed by atoms with van der Waals surface area (Å²) in [4.78, 5) is 12.8. The van der Waals surface area contributed by atoms with Crippen molar-refractivity contribution in [2.45, 2.75) is 25.2 Å². The monoisotopic (exact) mass is 370 g/mol. The molecule has 1 N–H and O–H groups in total. The predicted octanol–water partition coefficient (Wildman–Crippen LogP) is 5.11. The van der Waals surface area contributed by atoms with Gasteiger partial charge >= 0.3 is 0 Å². The number of carbonyl (C=O) groups is 1. The van der Waals surface area contributed by atoms with Crippen molar-refractivity contribution in [3.63, 3.8) is 0 Å². The molecule has 1 saturated carbocycles. The standard InChI is InChI=1S/C20H16ClFN2O2/c1-12-2-7-15(10-16(12)22)23-19(25)20(8-9-20)18-11-17(26-24-18)13-3-5-14(21)6-4-13/h2-7,10-11H,8-9H2,1H3,(H,23,25). The van der Waals surface area contributed by atoms with Gasteiger partial charge in [-0.05, 0) is 61.7 Å². The third-order valence-corrected chi connectivity index (χ3v) is 5.00. The van der Waals surface area contributed by atoms with Crippen LogP contribution in [0.15, 0.2) is 53.1 Å². The average molecular weight is 371 g/mol. The first kappa shape index (κ1) is 16.8. The SMILES string of the molecule is Cc1ccc(NC(=O)C2(c3cc(-c4ccc(Cl)cc4)on3)CC2)cc1F. The maximum atomic E-state index is 13.7. The lowest BCUT2D eigenvalue weighted by molar-refractivity contribution is -0.118. The molecule has 0 radical (unpaired) electrons. The second kappa shape index (κ2) is 6.25. The molecule has 0 bridgehead atoms. The Hall–Kier alpha value is -2.66. The number of hydrogen-bond acceptors (Lipinski definition) is 3. The maximum Gasteiger partial charge on any atom is 0.236 e. The van der Waals surface area contributed by atoms with Crippen LogP contribution in [0, 0.1) is 12.7 Å². The minimum atomic E-state index is -0.713. The van der Waals surface area contributed by atoms with Crippen LogP contribution in [-0.4, -0.2) is 11.1 Å². The number of hydrogen-bond donors (Lipinski definition) is 1. The van der Waals surface area contributed by atoms with Crippen molar-refractivity contribution < 1.29 is 13.7 Å². The van der Waals surface area contributed by atoms with Gasteiger partial charge in [-0.15, -0.1) is 0 Å². The second-order valence-corrected chi connectivity index (χ2v) is 7.02.